The molecular weight excluding hydrogens is 284 g/mol. The summed E-state index contributed by atoms with van der Waals surface area (Å²) in [5, 5.41) is 3.43. The summed E-state index contributed by atoms with van der Waals surface area (Å²) in [6.45, 7) is 3.70. The minimum absolute atomic E-state index is 0. The molecule has 2 fully saturated rings. The standard InChI is InChI=1S/C13H24N2O2S.ClH/c1-17-9-11-2-5-15(6-3-11)13(16)8-12-10-18-7-4-14-12;/h11-12,14H,2-10H2,1H3;1H. The van der Waals surface area contributed by atoms with Gasteiger partial charge in [0.1, 0.15) is 0 Å². The molecule has 0 aromatic carbocycles. The first-order chi connectivity index (χ1) is 8.79. The number of nitrogens with zero attached hydrogens (tertiary/aromatic N) is 1. The van der Waals surface area contributed by atoms with Crippen LogP contribution in [0.1, 0.15) is 19.3 Å². The Balaban J connectivity index is 0.00000180. The second-order valence-corrected chi connectivity index (χ2v) is 6.36. The average Bonchev–Trinajstić information content (AvgIpc) is 2.41. The van der Waals surface area contributed by atoms with Crippen LogP contribution in [-0.4, -0.2) is 61.7 Å². The number of hydrogen-bond donors (Lipinski definition) is 1. The van der Waals surface area contributed by atoms with Gasteiger partial charge in [0.05, 0.1) is 0 Å². The number of carbonyl (C=O) groups excluding carboxylic acids is 1. The molecule has 6 heteroatoms. The summed E-state index contributed by atoms with van der Waals surface area (Å²) in [5.74, 6) is 3.21. The number of methoxy groups -OCH3 is 1. The first-order valence-electron chi connectivity index (χ1n) is 6.87. The number of amides is 1. The summed E-state index contributed by atoms with van der Waals surface area (Å²) in [4.78, 5) is 14.2. The van der Waals surface area contributed by atoms with Crippen molar-refractivity contribution in [3.05, 3.63) is 0 Å². The van der Waals surface area contributed by atoms with Crippen LogP contribution in [0.15, 0.2) is 0 Å². The molecule has 19 heavy (non-hydrogen) atoms. The van der Waals surface area contributed by atoms with E-state index in [9.17, 15) is 4.79 Å². The third-order valence-corrected chi connectivity index (χ3v) is 4.92. The van der Waals surface area contributed by atoms with Crippen LogP contribution in [0.3, 0.4) is 0 Å². The molecule has 0 aromatic rings. The van der Waals surface area contributed by atoms with Gasteiger partial charge in [-0.1, -0.05) is 0 Å². The molecule has 2 saturated heterocycles. The van der Waals surface area contributed by atoms with Gasteiger partial charge in [0.2, 0.25) is 5.91 Å². The smallest absolute Gasteiger partial charge is 0.224 e. The molecule has 0 spiro atoms. The van der Waals surface area contributed by atoms with Crippen LogP contribution >= 0.6 is 24.2 Å². The summed E-state index contributed by atoms with van der Waals surface area (Å²) in [6, 6.07) is 0.382. The van der Waals surface area contributed by atoms with E-state index >= 15 is 0 Å². The van der Waals surface area contributed by atoms with E-state index in [4.69, 9.17) is 4.74 Å². The number of piperidine rings is 1. The van der Waals surface area contributed by atoms with Crippen LogP contribution in [0.5, 0.6) is 0 Å². The molecular formula is C13H25ClN2O2S. The molecule has 1 amide bonds. The van der Waals surface area contributed by atoms with Crippen molar-refractivity contribution in [2.45, 2.75) is 25.3 Å². The normalized spacial score (nSPS) is 24.9. The summed E-state index contributed by atoms with van der Waals surface area (Å²) < 4.78 is 5.18. The van der Waals surface area contributed by atoms with Crippen LogP contribution in [0.2, 0.25) is 0 Å². The van der Waals surface area contributed by atoms with Gasteiger partial charge in [-0.15, -0.1) is 12.4 Å². The van der Waals surface area contributed by atoms with E-state index in [1.807, 2.05) is 16.7 Å². The predicted octanol–water partition coefficient (Wildman–Crippen LogP) is 1.39. The van der Waals surface area contributed by atoms with E-state index in [-0.39, 0.29) is 12.4 Å². The van der Waals surface area contributed by atoms with Gasteiger partial charge in [-0.2, -0.15) is 11.8 Å². The van der Waals surface area contributed by atoms with Crippen molar-refractivity contribution in [2.75, 3.05) is 44.9 Å². The summed E-state index contributed by atoms with van der Waals surface area (Å²) in [5.41, 5.74) is 0. The zero-order chi connectivity index (χ0) is 12.8. The van der Waals surface area contributed by atoms with E-state index in [0.717, 1.165) is 44.8 Å². The number of thioether (sulfide) groups is 1. The zero-order valence-corrected chi connectivity index (χ0v) is 13.2. The Kier molecular flexibility index (Phi) is 8.14. The lowest BCUT2D eigenvalue weighted by molar-refractivity contribution is -0.133. The highest BCUT2D eigenvalue weighted by atomic mass is 35.5. The molecule has 0 radical (unpaired) electrons. The Morgan fingerprint density at radius 3 is 2.74 bits per heavy atom. The van der Waals surface area contributed by atoms with Crippen LogP contribution in [0.25, 0.3) is 0 Å². The lowest BCUT2D eigenvalue weighted by Crippen LogP contribution is -2.45. The van der Waals surface area contributed by atoms with E-state index in [0.29, 0.717) is 24.3 Å². The molecule has 2 aliphatic rings. The van der Waals surface area contributed by atoms with Gasteiger partial charge in [0.25, 0.3) is 0 Å². The third kappa shape index (κ3) is 5.50. The fourth-order valence-electron chi connectivity index (χ4n) is 2.68. The first kappa shape index (κ1) is 17.1. The van der Waals surface area contributed by atoms with Gasteiger partial charge in [0, 0.05) is 57.3 Å². The van der Waals surface area contributed by atoms with Crippen LogP contribution < -0.4 is 5.32 Å². The van der Waals surface area contributed by atoms with Crippen LogP contribution in [0.4, 0.5) is 0 Å². The SMILES string of the molecule is COCC1CCN(C(=O)CC2CSCCN2)CC1.Cl. The predicted molar refractivity (Wildman–Crippen MR) is 82.2 cm³/mol. The van der Waals surface area contributed by atoms with Gasteiger partial charge in [-0.25, -0.2) is 0 Å². The quantitative estimate of drug-likeness (QED) is 0.852. The molecule has 0 bridgehead atoms. The van der Waals surface area contributed by atoms with E-state index in [2.05, 4.69) is 5.32 Å². The minimum Gasteiger partial charge on any atom is -0.384 e. The molecule has 2 heterocycles. The fourth-order valence-corrected chi connectivity index (χ4v) is 3.62. The molecule has 1 atom stereocenters. The Bertz CT molecular complexity index is 267. The largest absolute Gasteiger partial charge is 0.384 e. The Morgan fingerprint density at radius 1 is 1.42 bits per heavy atom. The molecule has 112 valence electrons. The number of carbonyl (C=O) groups is 1. The van der Waals surface area contributed by atoms with Crippen molar-refractivity contribution < 1.29 is 9.53 Å². The molecule has 2 rings (SSSR count). The maximum atomic E-state index is 12.2. The Hall–Kier alpha value is 0.0300. The lowest BCUT2D eigenvalue weighted by atomic mass is 9.97. The van der Waals surface area contributed by atoms with Crippen LogP contribution in [-0.2, 0) is 9.53 Å². The van der Waals surface area contributed by atoms with Crippen molar-refractivity contribution in [3.63, 3.8) is 0 Å². The van der Waals surface area contributed by atoms with E-state index in [1.54, 1.807) is 7.11 Å². The summed E-state index contributed by atoms with van der Waals surface area (Å²) >= 11 is 1.95. The molecule has 1 unspecified atom stereocenters. The van der Waals surface area contributed by atoms with Gasteiger partial charge in [0.15, 0.2) is 0 Å². The van der Waals surface area contributed by atoms with Crippen molar-refractivity contribution in [3.8, 4) is 0 Å². The van der Waals surface area contributed by atoms with Gasteiger partial charge in [-0.3, -0.25) is 4.79 Å². The van der Waals surface area contributed by atoms with E-state index in [1.165, 1.54) is 5.75 Å². The number of hydrogen-bond acceptors (Lipinski definition) is 4. The van der Waals surface area contributed by atoms with Crippen molar-refractivity contribution in [1.82, 2.24) is 10.2 Å². The molecule has 0 aromatic heterocycles. The minimum atomic E-state index is 0. The second kappa shape index (κ2) is 9.06. The molecule has 0 saturated carbocycles. The van der Waals surface area contributed by atoms with Gasteiger partial charge < -0.3 is 15.0 Å². The van der Waals surface area contributed by atoms with E-state index < -0.39 is 0 Å². The maximum absolute atomic E-state index is 12.2. The van der Waals surface area contributed by atoms with Gasteiger partial charge >= 0.3 is 0 Å². The first-order valence-corrected chi connectivity index (χ1v) is 8.03. The molecule has 2 aliphatic heterocycles. The van der Waals surface area contributed by atoms with Crippen molar-refractivity contribution in [2.24, 2.45) is 5.92 Å². The number of rotatable bonds is 4. The highest BCUT2D eigenvalue weighted by Crippen LogP contribution is 2.19. The highest BCUT2D eigenvalue weighted by Gasteiger charge is 2.25. The molecule has 1 N–H and O–H groups in total. The second-order valence-electron chi connectivity index (χ2n) is 5.21. The molecule has 0 aliphatic carbocycles. The average molecular weight is 309 g/mol. The van der Waals surface area contributed by atoms with Crippen LogP contribution in [0, 0.1) is 5.92 Å². The zero-order valence-electron chi connectivity index (χ0n) is 11.6. The Labute approximate surface area is 126 Å². The number of ether oxygens (including phenoxy) is 1. The fraction of sp³-hybridized carbons (Fsp3) is 0.923. The van der Waals surface area contributed by atoms with Crippen molar-refractivity contribution in [1.29, 1.82) is 0 Å². The maximum Gasteiger partial charge on any atom is 0.224 e. The highest BCUT2D eigenvalue weighted by molar-refractivity contribution is 7.99. The monoisotopic (exact) mass is 308 g/mol. The lowest BCUT2D eigenvalue weighted by Gasteiger charge is -2.33. The number of nitrogens with one attached hydrogen (secondary N) is 1. The third-order valence-electron chi connectivity index (χ3n) is 3.79. The van der Waals surface area contributed by atoms with Crippen molar-refractivity contribution >= 4 is 30.1 Å². The summed E-state index contributed by atoms with van der Waals surface area (Å²) in [7, 11) is 1.75. The topological polar surface area (TPSA) is 41.6 Å². The molecule has 4 nitrogen and oxygen atoms in total. The Morgan fingerprint density at radius 2 is 2.16 bits per heavy atom. The van der Waals surface area contributed by atoms with Gasteiger partial charge in [-0.05, 0) is 18.8 Å². The number of likely N-dealkylation sites (tertiary alicyclic amines) is 1. The summed E-state index contributed by atoms with van der Waals surface area (Å²) in [6.07, 6.45) is 2.85. The number of halogens is 1.